The number of alkyl halides is 1. The van der Waals surface area contributed by atoms with Crippen LogP contribution in [0.15, 0.2) is 0 Å². The molecule has 0 N–H and O–H groups in total. The second-order valence-electron chi connectivity index (χ2n) is 3.05. The zero-order valence-electron chi connectivity index (χ0n) is 6.57. The van der Waals surface area contributed by atoms with E-state index < -0.39 is 0 Å². The third-order valence-electron chi connectivity index (χ3n) is 0.802. The minimum atomic E-state index is -0.0236. The normalized spacial score (nSPS) is 15.7. The van der Waals surface area contributed by atoms with E-state index in [2.05, 4.69) is 43.6 Å². The van der Waals surface area contributed by atoms with Crippen LogP contribution in [0.5, 0.6) is 0 Å². The summed E-state index contributed by atoms with van der Waals surface area (Å²) in [5.74, 6) is 0. The van der Waals surface area contributed by atoms with Gasteiger partial charge in [0.15, 0.2) is 0 Å². The first kappa shape index (κ1) is 9.44. The molecule has 2 heteroatoms. The van der Waals surface area contributed by atoms with Crippen LogP contribution in [0, 0.1) is 0 Å². The highest BCUT2D eigenvalue weighted by Gasteiger charge is 2.13. The van der Waals surface area contributed by atoms with Crippen LogP contribution in [0.4, 0.5) is 0 Å². The molecule has 56 valence electrons. The average Bonchev–Trinajstić information content (AvgIpc) is 1.62. The van der Waals surface area contributed by atoms with Gasteiger partial charge in [0.1, 0.15) is 5.01 Å². The van der Waals surface area contributed by atoms with Crippen LogP contribution in [-0.2, 0) is 4.74 Å². The third kappa shape index (κ3) is 6.32. The molecule has 0 aliphatic heterocycles. The Morgan fingerprint density at radius 1 is 1.44 bits per heavy atom. The Morgan fingerprint density at radius 3 is 2.00 bits per heavy atom. The summed E-state index contributed by atoms with van der Waals surface area (Å²) >= 11 is 3.39. The molecule has 9 heavy (non-hydrogen) atoms. The van der Waals surface area contributed by atoms with E-state index in [-0.39, 0.29) is 10.6 Å². The lowest BCUT2D eigenvalue weighted by molar-refractivity contribution is -0.0168. The minimum absolute atomic E-state index is 0.0236. The number of hydrogen-bond donors (Lipinski definition) is 0. The molecule has 0 fully saturated rings. The van der Waals surface area contributed by atoms with Crippen molar-refractivity contribution in [3.05, 3.63) is 0 Å². The average molecular weight is 195 g/mol. The molecular weight excluding hydrogens is 180 g/mol. The lowest BCUT2D eigenvalue weighted by atomic mass is 10.2. The molecule has 1 nitrogen and oxygen atoms in total. The van der Waals surface area contributed by atoms with E-state index >= 15 is 0 Å². The van der Waals surface area contributed by atoms with Crippen molar-refractivity contribution in [3.8, 4) is 0 Å². The summed E-state index contributed by atoms with van der Waals surface area (Å²) in [4.78, 5) is 0. The molecule has 0 spiro atoms. The van der Waals surface area contributed by atoms with E-state index in [9.17, 15) is 0 Å². The van der Waals surface area contributed by atoms with Crippen LogP contribution in [0.3, 0.4) is 0 Å². The highest BCUT2D eigenvalue weighted by Crippen LogP contribution is 2.16. The minimum Gasteiger partial charge on any atom is -0.361 e. The first-order valence-electron chi connectivity index (χ1n) is 3.27. The number of hydrogen-bond acceptors (Lipinski definition) is 1. The molecule has 0 rings (SSSR count). The maximum absolute atomic E-state index is 5.50. The highest BCUT2D eigenvalue weighted by molar-refractivity contribution is 9.09. The van der Waals surface area contributed by atoms with Crippen molar-refractivity contribution >= 4 is 15.9 Å². The largest absolute Gasteiger partial charge is 0.361 e. The second-order valence-corrected chi connectivity index (χ2v) is 4.07. The first-order chi connectivity index (χ1) is 3.95. The van der Waals surface area contributed by atoms with E-state index in [1.54, 1.807) is 0 Å². The summed E-state index contributed by atoms with van der Waals surface area (Å²) in [5, 5.41) is 0.206. The van der Waals surface area contributed by atoms with Crippen molar-refractivity contribution in [2.24, 2.45) is 0 Å². The van der Waals surface area contributed by atoms with Gasteiger partial charge in [0.25, 0.3) is 0 Å². The quantitative estimate of drug-likeness (QED) is 0.615. The van der Waals surface area contributed by atoms with Gasteiger partial charge >= 0.3 is 0 Å². The monoisotopic (exact) mass is 194 g/mol. The summed E-state index contributed by atoms with van der Waals surface area (Å²) in [6.45, 7) is 8.25. The smallest absolute Gasteiger partial charge is 0.112 e. The molecule has 1 atom stereocenters. The Kier molecular flexibility index (Phi) is 3.74. The van der Waals surface area contributed by atoms with Gasteiger partial charge in [-0.15, -0.1) is 0 Å². The van der Waals surface area contributed by atoms with Crippen molar-refractivity contribution in [2.45, 2.75) is 44.7 Å². The van der Waals surface area contributed by atoms with Crippen LogP contribution >= 0.6 is 15.9 Å². The zero-order chi connectivity index (χ0) is 7.49. The molecule has 0 aromatic carbocycles. The van der Waals surface area contributed by atoms with Crippen molar-refractivity contribution in [1.82, 2.24) is 0 Å². The van der Waals surface area contributed by atoms with Gasteiger partial charge in [-0.1, -0.05) is 22.9 Å². The predicted octanol–water partition coefficient (Wildman–Crippen LogP) is 2.93. The SMILES string of the molecule is CC[C@H](Br)OC(C)(C)C. The summed E-state index contributed by atoms with van der Waals surface area (Å²) < 4.78 is 5.50. The van der Waals surface area contributed by atoms with Gasteiger partial charge in [-0.3, -0.25) is 0 Å². The fourth-order valence-corrected chi connectivity index (χ4v) is 1.03. The van der Waals surface area contributed by atoms with Gasteiger partial charge < -0.3 is 4.74 Å². The van der Waals surface area contributed by atoms with Crippen LogP contribution in [0.1, 0.15) is 34.1 Å². The molecule has 0 aliphatic carbocycles. The summed E-state index contributed by atoms with van der Waals surface area (Å²) in [7, 11) is 0. The maximum Gasteiger partial charge on any atom is 0.112 e. The first-order valence-corrected chi connectivity index (χ1v) is 4.19. The van der Waals surface area contributed by atoms with E-state index in [0.717, 1.165) is 6.42 Å². The predicted molar refractivity (Wildman–Crippen MR) is 43.8 cm³/mol. The second kappa shape index (κ2) is 3.57. The van der Waals surface area contributed by atoms with Crippen molar-refractivity contribution in [1.29, 1.82) is 0 Å². The molecular formula is C7H15BrO. The molecule has 0 aliphatic rings. The maximum atomic E-state index is 5.50. The zero-order valence-corrected chi connectivity index (χ0v) is 8.16. The Labute approximate surface area is 65.9 Å². The lowest BCUT2D eigenvalue weighted by Gasteiger charge is -2.22. The standard InChI is InChI=1S/C7H15BrO/c1-5-6(8)9-7(2,3)4/h6H,5H2,1-4H3/t6-/m1/s1. The summed E-state index contributed by atoms with van der Waals surface area (Å²) in [5.41, 5.74) is -0.0236. The van der Waals surface area contributed by atoms with E-state index in [4.69, 9.17) is 4.74 Å². The van der Waals surface area contributed by atoms with Crippen LogP contribution in [-0.4, -0.2) is 10.6 Å². The Bertz CT molecular complexity index is 75.5. The molecule has 0 unspecified atom stereocenters. The Balaban J connectivity index is 3.47. The fourth-order valence-electron chi connectivity index (χ4n) is 0.467. The van der Waals surface area contributed by atoms with Gasteiger partial charge in [0.2, 0.25) is 0 Å². The van der Waals surface area contributed by atoms with E-state index in [1.807, 2.05) is 0 Å². The van der Waals surface area contributed by atoms with Gasteiger partial charge in [-0.2, -0.15) is 0 Å². The number of ether oxygens (including phenoxy) is 1. The molecule has 0 saturated heterocycles. The van der Waals surface area contributed by atoms with Crippen LogP contribution in [0.2, 0.25) is 0 Å². The van der Waals surface area contributed by atoms with Gasteiger partial charge in [0.05, 0.1) is 5.60 Å². The van der Waals surface area contributed by atoms with Crippen molar-refractivity contribution in [2.75, 3.05) is 0 Å². The molecule has 0 radical (unpaired) electrons. The topological polar surface area (TPSA) is 9.23 Å². The van der Waals surface area contributed by atoms with E-state index in [0.29, 0.717) is 0 Å². The Morgan fingerprint density at radius 2 is 1.89 bits per heavy atom. The van der Waals surface area contributed by atoms with E-state index in [1.165, 1.54) is 0 Å². The van der Waals surface area contributed by atoms with Crippen molar-refractivity contribution in [3.63, 3.8) is 0 Å². The molecule has 0 heterocycles. The summed E-state index contributed by atoms with van der Waals surface area (Å²) in [6, 6.07) is 0. The lowest BCUT2D eigenvalue weighted by Crippen LogP contribution is -2.23. The molecule has 0 aromatic heterocycles. The number of halogens is 1. The molecule has 0 bridgehead atoms. The van der Waals surface area contributed by atoms with Crippen molar-refractivity contribution < 1.29 is 4.74 Å². The van der Waals surface area contributed by atoms with Gasteiger partial charge in [-0.25, -0.2) is 0 Å². The number of rotatable bonds is 2. The van der Waals surface area contributed by atoms with Gasteiger partial charge in [-0.05, 0) is 27.2 Å². The van der Waals surface area contributed by atoms with Crippen LogP contribution < -0.4 is 0 Å². The Hall–Kier alpha value is 0.440. The van der Waals surface area contributed by atoms with Crippen LogP contribution in [0.25, 0.3) is 0 Å². The molecule has 0 amide bonds. The van der Waals surface area contributed by atoms with Gasteiger partial charge in [0, 0.05) is 0 Å². The highest BCUT2D eigenvalue weighted by atomic mass is 79.9. The third-order valence-corrected chi connectivity index (χ3v) is 1.64. The summed E-state index contributed by atoms with van der Waals surface area (Å²) in [6.07, 6.45) is 1.01. The molecule has 0 aromatic rings. The fraction of sp³-hybridized carbons (Fsp3) is 1.00. The molecule has 0 saturated carbocycles.